The molecule has 5 heteroatoms. The minimum Gasteiger partial charge on any atom is -0.422 e. The lowest BCUT2D eigenvalue weighted by molar-refractivity contribution is 0.421. The first-order valence-corrected chi connectivity index (χ1v) is 4.64. The fraction of sp³-hybridized carbons (Fsp3) is 0.100. The van der Waals surface area contributed by atoms with Gasteiger partial charge in [-0.3, -0.25) is 4.68 Å². The highest BCUT2D eigenvalue weighted by atomic mass is 16.4. The van der Waals surface area contributed by atoms with E-state index in [-0.39, 0.29) is 0 Å². The van der Waals surface area contributed by atoms with Crippen LogP contribution in [0.5, 0.6) is 0 Å². The maximum atomic E-state index is 9.06. The van der Waals surface area contributed by atoms with E-state index in [9.17, 15) is 0 Å². The first kappa shape index (κ1) is 9.95. The third kappa shape index (κ3) is 1.93. The number of aromatic nitrogens is 2. The fourth-order valence-corrected chi connectivity index (χ4v) is 1.47. The van der Waals surface area contributed by atoms with Crippen LogP contribution in [0.2, 0.25) is 0 Å². The quantitative estimate of drug-likeness (QED) is 0.661. The molecule has 0 aliphatic rings. The first-order valence-electron chi connectivity index (χ1n) is 4.64. The zero-order valence-corrected chi connectivity index (χ0v) is 8.33. The molecule has 0 saturated carbocycles. The average molecular weight is 202 g/mol. The minimum absolute atomic E-state index is 0.383. The molecule has 0 saturated heterocycles. The average Bonchev–Trinajstić information content (AvgIpc) is 2.62. The van der Waals surface area contributed by atoms with E-state index in [1.807, 2.05) is 30.3 Å². The zero-order valence-electron chi connectivity index (χ0n) is 8.33. The molecule has 1 heterocycles. The fourth-order valence-electron chi connectivity index (χ4n) is 1.47. The second kappa shape index (κ2) is 3.88. The van der Waals surface area contributed by atoms with E-state index < -0.39 is 7.12 Å². The number of hydrogen-bond donors (Lipinski definition) is 2. The Balaban J connectivity index is 2.43. The Bertz CT molecular complexity index is 454. The van der Waals surface area contributed by atoms with Crippen molar-refractivity contribution in [1.29, 1.82) is 0 Å². The van der Waals surface area contributed by atoms with Gasteiger partial charge in [0.2, 0.25) is 0 Å². The van der Waals surface area contributed by atoms with Gasteiger partial charge in [-0.25, -0.2) is 0 Å². The van der Waals surface area contributed by atoms with E-state index in [1.54, 1.807) is 13.1 Å². The van der Waals surface area contributed by atoms with Gasteiger partial charge in [-0.1, -0.05) is 30.3 Å². The lowest BCUT2D eigenvalue weighted by atomic mass is 9.85. The molecule has 4 nitrogen and oxygen atoms in total. The van der Waals surface area contributed by atoms with Crippen molar-refractivity contribution in [3.63, 3.8) is 0 Å². The lowest BCUT2D eigenvalue weighted by Gasteiger charge is -1.96. The molecule has 1 aromatic carbocycles. The molecule has 0 aliphatic heterocycles. The van der Waals surface area contributed by atoms with Crippen LogP contribution in [-0.4, -0.2) is 26.9 Å². The summed E-state index contributed by atoms with van der Waals surface area (Å²) in [5.41, 5.74) is 2.08. The summed E-state index contributed by atoms with van der Waals surface area (Å²) in [7, 11) is 0.196. The van der Waals surface area contributed by atoms with Crippen LogP contribution in [0.25, 0.3) is 11.3 Å². The van der Waals surface area contributed by atoms with Crippen molar-refractivity contribution in [3.8, 4) is 11.3 Å². The van der Waals surface area contributed by atoms with Crippen molar-refractivity contribution in [2.75, 3.05) is 0 Å². The molecule has 0 aliphatic carbocycles. The summed E-state index contributed by atoms with van der Waals surface area (Å²) >= 11 is 0. The molecular formula is C10H11BN2O2. The molecule has 0 fully saturated rings. The first-order chi connectivity index (χ1) is 7.18. The van der Waals surface area contributed by atoms with E-state index in [0.29, 0.717) is 5.59 Å². The second-order valence-electron chi connectivity index (χ2n) is 3.32. The Morgan fingerprint density at radius 3 is 2.40 bits per heavy atom. The van der Waals surface area contributed by atoms with Gasteiger partial charge in [0.05, 0.1) is 11.3 Å². The maximum Gasteiger partial charge on any atom is 0.507 e. The van der Waals surface area contributed by atoms with Gasteiger partial charge in [-0.2, -0.15) is 5.10 Å². The summed E-state index contributed by atoms with van der Waals surface area (Å²) in [5.74, 6) is 0. The molecule has 1 aromatic heterocycles. The monoisotopic (exact) mass is 202 g/mol. The largest absolute Gasteiger partial charge is 0.507 e. The van der Waals surface area contributed by atoms with Crippen LogP contribution in [0, 0.1) is 0 Å². The van der Waals surface area contributed by atoms with Crippen molar-refractivity contribution in [3.05, 3.63) is 36.4 Å². The van der Waals surface area contributed by atoms with Gasteiger partial charge in [0.1, 0.15) is 0 Å². The van der Waals surface area contributed by atoms with E-state index in [4.69, 9.17) is 10.0 Å². The van der Waals surface area contributed by atoms with Gasteiger partial charge in [0.15, 0.2) is 0 Å². The predicted octanol–water partition coefficient (Wildman–Crippen LogP) is -0.233. The molecule has 2 rings (SSSR count). The summed E-state index contributed by atoms with van der Waals surface area (Å²) < 4.78 is 1.47. The van der Waals surface area contributed by atoms with Gasteiger partial charge < -0.3 is 10.0 Å². The number of nitrogens with zero attached hydrogens (tertiary/aromatic N) is 2. The summed E-state index contributed by atoms with van der Waals surface area (Å²) in [6.45, 7) is 0. The van der Waals surface area contributed by atoms with Crippen LogP contribution in [0.15, 0.2) is 36.4 Å². The minimum atomic E-state index is -1.49. The highest BCUT2D eigenvalue weighted by Crippen LogP contribution is 2.14. The zero-order chi connectivity index (χ0) is 10.8. The molecule has 2 N–H and O–H groups in total. The normalized spacial score (nSPS) is 10.3. The van der Waals surface area contributed by atoms with Gasteiger partial charge in [0.25, 0.3) is 0 Å². The molecule has 0 radical (unpaired) electrons. The number of benzene rings is 1. The molecule has 0 amide bonds. The van der Waals surface area contributed by atoms with Gasteiger partial charge in [-0.05, 0) is 6.07 Å². The Hall–Kier alpha value is -1.59. The summed E-state index contributed by atoms with van der Waals surface area (Å²) in [6.07, 6.45) is 0. The van der Waals surface area contributed by atoms with Crippen LogP contribution in [-0.2, 0) is 7.05 Å². The lowest BCUT2D eigenvalue weighted by Crippen LogP contribution is -2.35. The van der Waals surface area contributed by atoms with Crippen molar-refractivity contribution < 1.29 is 10.0 Å². The highest BCUT2D eigenvalue weighted by Gasteiger charge is 2.17. The van der Waals surface area contributed by atoms with Crippen LogP contribution >= 0.6 is 0 Å². The molecule has 76 valence electrons. The second-order valence-corrected chi connectivity index (χ2v) is 3.32. The Labute approximate surface area is 87.9 Å². The summed E-state index contributed by atoms with van der Waals surface area (Å²) in [4.78, 5) is 0. The molecule has 0 spiro atoms. The third-order valence-corrected chi connectivity index (χ3v) is 2.25. The van der Waals surface area contributed by atoms with Crippen LogP contribution < -0.4 is 5.59 Å². The van der Waals surface area contributed by atoms with Gasteiger partial charge in [0, 0.05) is 12.6 Å². The number of hydrogen-bond acceptors (Lipinski definition) is 3. The SMILES string of the molecule is Cn1nc(-c2ccccc2)cc1B(O)O. The predicted molar refractivity (Wildman–Crippen MR) is 58.5 cm³/mol. The van der Waals surface area contributed by atoms with Crippen molar-refractivity contribution in [2.24, 2.45) is 7.05 Å². The van der Waals surface area contributed by atoms with Crippen molar-refractivity contribution in [1.82, 2.24) is 9.78 Å². The van der Waals surface area contributed by atoms with Crippen LogP contribution in [0.4, 0.5) is 0 Å². The molecule has 0 bridgehead atoms. The maximum absolute atomic E-state index is 9.06. The van der Waals surface area contributed by atoms with Crippen molar-refractivity contribution >= 4 is 12.7 Å². The molecule has 0 unspecified atom stereocenters. The smallest absolute Gasteiger partial charge is 0.422 e. The van der Waals surface area contributed by atoms with E-state index in [2.05, 4.69) is 5.10 Å². The summed E-state index contributed by atoms with van der Waals surface area (Å²) in [6, 6.07) is 11.3. The highest BCUT2D eigenvalue weighted by molar-refractivity contribution is 6.57. The molecular weight excluding hydrogens is 191 g/mol. The Morgan fingerprint density at radius 1 is 1.20 bits per heavy atom. The van der Waals surface area contributed by atoms with E-state index in [0.717, 1.165) is 11.3 Å². The number of rotatable bonds is 2. The van der Waals surface area contributed by atoms with Gasteiger partial charge in [-0.15, -0.1) is 0 Å². The Morgan fingerprint density at radius 2 is 1.87 bits per heavy atom. The Kier molecular flexibility index (Phi) is 2.57. The van der Waals surface area contributed by atoms with E-state index >= 15 is 0 Å². The van der Waals surface area contributed by atoms with Crippen molar-refractivity contribution in [2.45, 2.75) is 0 Å². The summed E-state index contributed by atoms with van der Waals surface area (Å²) in [5, 5.41) is 22.3. The molecule has 15 heavy (non-hydrogen) atoms. The number of aryl methyl sites for hydroxylation is 1. The molecule has 2 aromatic rings. The van der Waals surface area contributed by atoms with Crippen LogP contribution in [0.3, 0.4) is 0 Å². The topological polar surface area (TPSA) is 58.3 Å². The van der Waals surface area contributed by atoms with Crippen LogP contribution in [0.1, 0.15) is 0 Å². The third-order valence-electron chi connectivity index (χ3n) is 2.25. The standard InChI is InChI=1S/C10H11BN2O2/c1-13-10(11(14)15)7-9(12-13)8-5-3-2-4-6-8/h2-7,14-15H,1H3. The van der Waals surface area contributed by atoms with Gasteiger partial charge >= 0.3 is 7.12 Å². The molecule has 0 atom stereocenters. The van der Waals surface area contributed by atoms with E-state index in [1.165, 1.54) is 4.68 Å².